The Labute approximate surface area is 119 Å². The number of rotatable bonds is 2. The van der Waals surface area contributed by atoms with E-state index >= 15 is 0 Å². The fraction of sp³-hybridized carbons (Fsp3) is 0.600. The summed E-state index contributed by atoms with van der Waals surface area (Å²) < 4.78 is 0. The van der Waals surface area contributed by atoms with Gasteiger partial charge in [-0.1, -0.05) is 0 Å². The fourth-order valence-electron chi connectivity index (χ4n) is 2.90. The van der Waals surface area contributed by atoms with Gasteiger partial charge in [0.2, 0.25) is 0 Å². The first-order chi connectivity index (χ1) is 9.74. The Hall–Kier alpha value is -1.62. The number of piperidine rings is 1. The quantitative estimate of drug-likeness (QED) is 0.883. The van der Waals surface area contributed by atoms with Crippen molar-refractivity contribution in [2.24, 2.45) is 0 Å². The van der Waals surface area contributed by atoms with Crippen molar-refractivity contribution in [3.05, 3.63) is 23.9 Å². The highest BCUT2D eigenvalue weighted by Gasteiger charge is 2.21. The lowest BCUT2D eigenvalue weighted by molar-refractivity contribution is 0.0792. The molecule has 1 amide bonds. The van der Waals surface area contributed by atoms with Crippen LogP contribution in [0.15, 0.2) is 18.3 Å². The molecule has 0 spiro atoms. The van der Waals surface area contributed by atoms with Crippen LogP contribution in [0.4, 0.5) is 5.82 Å². The molecule has 1 aromatic heterocycles. The topological polar surface area (TPSA) is 56.7 Å². The zero-order valence-corrected chi connectivity index (χ0v) is 11.7. The summed E-state index contributed by atoms with van der Waals surface area (Å²) in [6.07, 6.45) is 5.29. The van der Waals surface area contributed by atoms with Crippen LogP contribution in [0.5, 0.6) is 0 Å². The number of nitrogens with zero attached hydrogens (tertiary/aromatic N) is 3. The van der Waals surface area contributed by atoms with Crippen molar-refractivity contribution in [3.63, 3.8) is 0 Å². The molecule has 3 rings (SSSR count). The minimum Gasteiger partial charge on any atom is -0.393 e. The van der Waals surface area contributed by atoms with Crippen molar-refractivity contribution in [3.8, 4) is 0 Å². The summed E-state index contributed by atoms with van der Waals surface area (Å²) in [5, 5.41) is 9.51. The number of hydrogen-bond donors (Lipinski definition) is 1. The van der Waals surface area contributed by atoms with E-state index in [2.05, 4.69) is 9.88 Å². The number of aliphatic hydroxyl groups is 1. The van der Waals surface area contributed by atoms with Crippen molar-refractivity contribution in [1.82, 2.24) is 9.88 Å². The van der Waals surface area contributed by atoms with E-state index in [1.807, 2.05) is 17.0 Å². The second kappa shape index (κ2) is 5.79. The van der Waals surface area contributed by atoms with Gasteiger partial charge in [-0.3, -0.25) is 4.79 Å². The van der Waals surface area contributed by atoms with E-state index in [4.69, 9.17) is 0 Å². The molecule has 3 heterocycles. The summed E-state index contributed by atoms with van der Waals surface area (Å²) in [6, 6.07) is 3.79. The molecule has 2 aliphatic heterocycles. The Morgan fingerprint density at radius 3 is 2.45 bits per heavy atom. The maximum Gasteiger partial charge on any atom is 0.255 e. The second-order valence-corrected chi connectivity index (χ2v) is 5.62. The van der Waals surface area contributed by atoms with Crippen LogP contribution in [0.25, 0.3) is 0 Å². The molecule has 2 aliphatic rings. The van der Waals surface area contributed by atoms with Gasteiger partial charge in [0.25, 0.3) is 5.91 Å². The van der Waals surface area contributed by atoms with Crippen LogP contribution >= 0.6 is 0 Å². The van der Waals surface area contributed by atoms with E-state index in [0.29, 0.717) is 5.56 Å². The van der Waals surface area contributed by atoms with Gasteiger partial charge in [0.1, 0.15) is 5.82 Å². The van der Waals surface area contributed by atoms with Gasteiger partial charge in [0, 0.05) is 32.4 Å². The predicted octanol–water partition coefficient (Wildman–Crippen LogP) is 1.28. The van der Waals surface area contributed by atoms with E-state index in [0.717, 1.165) is 57.7 Å². The molecule has 5 nitrogen and oxygen atoms in total. The number of anilines is 1. The Balaban J connectivity index is 1.66. The third-order valence-corrected chi connectivity index (χ3v) is 4.18. The van der Waals surface area contributed by atoms with Crippen molar-refractivity contribution in [1.29, 1.82) is 0 Å². The molecular formula is C15H21N3O2. The third-order valence-electron chi connectivity index (χ3n) is 4.18. The Kier molecular flexibility index (Phi) is 3.87. The molecule has 0 unspecified atom stereocenters. The largest absolute Gasteiger partial charge is 0.393 e. The molecule has 1 aromatic rings. The molecular weight excluding hydrogens is 254 g/mol. The van der Waals surface area contributed by atoms with E-state index in [9.17, 15) is 9.90 Å². The number of hydrogen-bond acceptors (Lipinski definition) is 4. The highest BCUT2D eigenvalue weighted by molar-refractivity contribution is 5.94. The van der Waals surface area contributed by atoms with Gasteiger partial charge in [-0.05, 0) is 37.8 Å². The van der Waals surface area contributed by atoms with Crippen molar-refractivity contribution >= 4 is 11.7 Å². The van der Waals surface area contributed by atoms with Crippen LogP contribution in [0.1, 0.15) is 36.0 Å². The number of carbonyl (C=O) groups is 1. The van der Waals surface area contributed by atoms with Gasteiger partial charge in [0.05, 0.1) is 11.7 Å². The molecule has 0 bridgehead atoms. The molecule has 0 aliphatic carbocycles. The normalized spacial score (nSPS) is 20.4. The SMILES string of the molecule is O=C(c1ccc(N2CCC(O)CC2)nc1)N1CCCC1. The van der Waals surface area contributed by atoms with Crippen molar-refractivity contribution < 1.29 is 9.90 Å². The lowest BCUT2D eigenvalue weighted by atomic mass is 10.1. The maximum atomic E-state index is 12.2. The number of aliphatic hydroxyl groups excluding tert-OH is 1. The van der Waals surface area contributed by atoms with Crippen LogP contribution in [0, 0.1) is 0 Å². The molecule has 0 radical (unpaired) electrons. The highest BCUT2D eigenvalue weighted by atomic mass is 16.3. The van der Waals surface area contributed by atoms with Gasteiger partial charge in [-0.15, -0.1) is 0 Å². The summed E-state index contributed by atoms with van der Waals surface area (Å²) >= 11 is 0. The van der Waals surface area contributed by atoms with E-state index in [1.54, 1.807) is 6.20 Å². The molecule has 20 heavy (non-hydrogen) atoms. The standard InChI is InChI=1S/C15H21N3O2/c19-13-5-9-17(10-6-13)14-4-3-12(11-16-14)15(20)18-7-1-2-8-18/h3-4,11,13,19H,1-2,5-10H2. The van der Waals surface area contributed by atoms with Crippen molar-refractivity contribution in [2.75, 3.05) is 31.1 Å². The first-order valence-electron chi connectivity index (χ1n) is 7.42. The third kappa shape index (κ3) is 2.77. The fourth-order valence-corrected chi connectivity index (χ4v) is 2.90. The highest BCUT2D eigenvalue weighted by Crippen LogP contribution is 2.19. The Bertz CT molecular complexity index is 461. The summed E-state index contributed by atoms with van der Waals surface area (Å²) in [6.45, 7) is 3.39. The lowest BCUT2D eigenvalue weighted by Gasteiger charge is -2.30. The minimum absolute atomic E-state index is 0.0932. The molecule has 0 aromatic carbocycles. The lowest BCUT2D eigenvalue weighted by Crippen LogP contribution is -2.36. The van der Waals surface area contributed by atoms with Gasteiger partial charge < -0.3 is 14.9 Å². The van der Waals surface area contributed by atoms with E-state index in [-0.39, 0.29) is 12.0 Å². The van der Waals surface area contributed by atoms with Crippen molar-refractivity contribution in [2.45, 2.75) is 31.8 Å². The monoisotopic (exact) mass is 275 g/mol. The molecule has 2 fully saturated rings. The second-order valence-electron chi connectivity index (χ2n) is 5.62. The number of aromatic nitrogens is 1. The van der Waals surface area contributed by atoms with Crippen LogP contribution < -0.4 is 4.90 Å². The average Bonchev–Trinajstić information content (AvgIpc) is 3.02. The minimum atomic E-state index is -0.178. The number of pyridine rings is 1. The number of amides is 1. The van der Waals surface area contributed by atoms with Crippen LogP contribution in [-0.4, -0.2) is 53.2 Å². The first-order valence-corrected chi connectivity index (χ1v) is 7.42. The zero-order valence-electron chi connectivity index (χ0n) is 11.7. The molecule has 1 N–H and O–H groups in total. The van der Waals surface area contributed by atoms with Gasteiger partial charge in [0.15, 0.2) is 0 Å². The van der Waals surface area contributed by atoms with E-state index < -0.39 is 0 Å². The summed E-state index contributed by atoms with van der Waals surface area (Å²) in [7, 11) is 0. The molecule has 108 valence electrons. The predicted molar refractivity (Wildman–Crippen MR) is 76.8 cm³/mol. The number of likely N-dealkylation sites (tertiary alicyclic amines) is 1. The van der Waals surface area contributed by atoms with Gasteiger partial charge in [-0.25, -0.2) is 4.98 Å². The van der Waals surface area contributed by atoms with Crippen LogP contribution in [0.2, 0.25) is 0 Å². The summed E-state index contributed by atoms with van der Waals surface area (Å²) in [5.41, 5.74) is 0.674. The van der Waals surface area contributed by atoms with Gasteiger partial charge in [-0.2, -0.15) is 0 Å². The molecule has 5 heteroatoms. The summed E-state index contributed by atoms with van der Waals surface area (Å²) in [4.78, 5) is 20.7. The van der Waals surface area contributed by atoms with E-state index in [1.165, 1.54) is 0 Å². The molecule has 0 atom stereocenters. The first kappa shape index (κ1) is 13.4. The average molecular weight is 275 g/mol. The van der Waals surface area contributed by atoms with Crippen LogP contribution in [0.3, 0.4) is 0 Å². The molecule has 2 saturated heterocycles. The Morgan fingerprint density at radius 1 is 1.15 bits per heavy atom. The van der Waals surface area contributed by atoms with Gasteiger partial charge >= 0.3 is 0 Å². The Morgan fingerprint density at radius 2 is 1.85 bits per heavy atom. The summed E-state index contributed by atoms with van der Waals surface area (Å²) in [5.74, 6) is 0.991. The van der Waals surface area contributed by atoms with Crippen LogP contribution in [-0.2, 0) is 0 Å². The molecule has 0 saturated carbocycles. The number of carbonyl (C=O) groups excluding carboxylic acids is 1. The smallest absolute Gasteiger partial charge is 0.255 e. The maximum absolute atomic E-state index is 12.2. The zero-order chi connectivity index (χ0) is 13.9.